The quantitative estimate of drug-likeness (QED) is 0.355. The maximum Gasteiger partial charge on any atom is 0.414 e. The van der Waals surface area contributed by atoms with Crippen molar-refractivity contribution in [2.24, 2.45) is 0 Å². The molecule has 1 N–H and O–H groups in total. The molecule has 0 aliphatic rings. The molecule has 3 aromatic rings. The molecule has 2 heterocycles. The number of nitrogens with zero attached hydrogens (tertiary/aromatic N) is 3. The molecule has 0 saturated carbocycles. The number of rotatable bonds is 3. The Kier molecular flexibility index (Phi) is 5.62. The fourth-order valence-electron chi connectivity index (χ4n) is 2.72. The van der Waals surface area contributed by atoms with Gasteiger partial charge in [0.05, 0.1) is 22.0 Å². The Balaban J connectivity index is 2.38. The summed E-state index contributed by atoms with van der Waals surface area (Å²) < 4.78 is 79.9. The third-order valence-electron chi connectivity index (χ3n) is 3.88. The normalized spacial score (nSPS) is 14.1. The number of ether oxygens (including phenoxy) is 1. The van der Waals surface area contributed by atoms with Gasteiger partial charge in [-0.25, -0.2) is 23.5 Å². The lowest BCUT2D eigenvalue weighted by atomic mass is 10.1. The minimum atomic E-state index is -3.11. The highest BCUT2D eigenvalue weighted by Gasteiger charge is 2.27. The summed E-state index contributed by atoms with van der Waals surface area (Å²) >= 11 is -6.10. The molecule has 14 heteroatoms. The molecule has 0 fully saturated rings. The Bertz CT molecular complexity index is 1240. The van der Waals surface area contributed by atoms with E-state index in [-0.39, 0.29) is 16.9 Å². The monoisotopic (exact) mass is 460 g/mol. The summed E-state index contributed by atoms with van der Waals surface area (Å²) in [6, 6.07) is 0.713. The van der Waals surface area contributed by atoms with E-state index >= 15 is 0 Å². The van der Waals surface area contributed by atoms with E-state index < -0.39 is 66.4 Å². The van der Waals surface area contributed by atoms with Gasteiger partial charge < -0.3 is 18.8 Å². The number of nitrogens with one attached hydrogen (secondary N) is 1. The largest absolute Gasteiger partial charge is 0.767 e. The number of fused-ring (bicyclic) bond motifs is 3. The molecule has 0 aliphatic carbocycles. The van der Waals surface area contributed by atoms with Crippen LogP contribution in [-0.4, -0.2) is 51.2 Å². The summed E-state index contributed by atoms with van der Waals surface area (Å²) in [6.07, 6.45) is -0.895. The molecule has 0 spiro atoms. The van der Waals surface area contributed by atoms with E-state index in [1.165, 1.54) is 7.05 Å². The Morgan fingerprint density at radius 2 is 1.80 bits per heavy atom. The van der Waals surface area contributed by atoms with Crippen molar-refractivity contribution in [2.45, 2.75) is 36.6 Å². The lowest BCUT2D eigenvalue weighted by molar-refractivity contribution is 0.0589. The van der Waals surface area contributed by atoms with Crippen LogP contribution in [0, 0.1) is 11.6 Å². The Labute approximate surface area is 173 Å². The van der Waals surface area contributed by atoms with Crippen molar-refractivity contribution >= 4 is 55.9 Å². The molecular weight excluding hydrogens is 446 g/mol. The van der Waals surface area contributed by atoms with Crippen molar-refractivity contribution in [1.82, 2.24) is 15.0 Å². The number of carbonyl (C=O) groups excluding carboxylic acids is 1. The first-order valence-electron chi connectivity index (χ1n) is 8.18. The van der Waals surface area contributed by atoms with E-state index in [1.807, 2.05) is 0 Å². The van der Waals surface area contributed by atoms with Gasteiger partial charge in [0.25, 0.3) is 0 Å². The second-order valence-electron chi connectivity index (χ2n) is 7.11. The van der Waals surface area contributed by atoms with Crippen LogP contribution in [0.2, 0.25) is 0 Å². The molecule has 1 aromatic carbocycles. The first-order chi connectivity index (χ1) is 13.8. The van der Waals surface area contributed by atoms with Crippen molar-refractivity contribution in [3.8, 4) is 0 Å². The standard InChI is InChI=1S/C16H16F2N4O6S2/c1-16(2,3)28-15(23)22(4)7-5-6(17)10(18)8-9-12(19-11(7)8)20-14(30(26)27)21-13(9)29(24)25/h5H,1-4H3,(H,24,25)(H,26,27)(H,19,20,21)/p-2. The van der Waals surface area contributed by atoms with E-state index in [0.717, 1.165) is 4.90 Å². The maximum atomic E-state index is 14.7. The number of H-pyrrole nitrogens is 1. The van der Waals surface area contributed by atoms with Crippen LogP contribution in [0.3, 0.4) is 0 Å². The molecule has 10 nitrogen and oxygen atoms in total. The average molecular weight is 460 g/mol. The van der Waals surface area contributed by atoms with Crippen molar-refractivity contribution in [3.63, 3.8) is 0 Å². The van der Waals surface area contributed by atoms with Crippen LogP contribution in [0.25, 0.3) is 21.9 Å². The fraction of sp³-hybridized carbons (Fsp3) is 0.312. The second kappa shape index (κ2) is 7.61. The van der Waals surface area contributed by atoms with Gasteiger partial charge in [0.2, 0.25) is 5.16 Å². The summed E-state index contributed by atoms with van der Waals surface area (Å²) in [5.74, 6) is -2.81. The summed E-state index contributed by atoms with van der Waals surface area (Å²) in [6.45, 7) is 4.83. The number of hydrogen-bond donors (Lipinski definition) is 1. The molecule has 0 radical (unpaired) electrons. The summed E-state index contributed by atoms with van der Waals surface area (Å²) in [4.78, 5) is 22.9. The van der Waals surface area contributed by atoms with Crippen molar-refractivity contribution in [1.29, 1.82) is 0 Å². The van der Waals surface area contributed by atoms with Crippen LogP contribution < -0.4 is 4.90 Å². The highest BCUT2D eigenvalue weighted by molar-refractivity contribution is 7.79. The zero-order chi connectivity index (χ0) is 22.5. The van der Waals surface area contributed by atoms with Gasteiger partial charge >= 0.3 is 6.09 Å². The summed E-state index contributed by atoms with van der Waals surface area (Å²) in [7, 11) is 1.24. The highest BCUT2D eigenvalue weighted by Crippen LogP contribution is 2.37. The van der Waals surface area contributed by atoms with E-state index in [1.54, 1.807) is 20.8 Å². The predicted molar refractivity (Wildman–Crippen MR) is 100 cm³/mol. The molecular formula is C16H14F2N4O6S2-2. The van der Waals surface area contributed by atoms with Gasteiger partial charge in [0.1, 0.15) is 16.3 Å². The number of carbonyl (C=O) groups is 1. The van der Waals surface area contributed by atoms with Crippen LogP contribution in [0.1, 0.15) is 20.8 Å². The van der Waals surface area contributed by atoms with Gasteiger partial charge in [-0.15, -0.1) is 0 Å². The molecule has 162 valence electrons. The summed E-state index contributed by atoms with van der Waals surface area (Å²) in [5, 5.41) is -2.72. The molecule has 3 rings (SSSR count). The van der Waals surface area contributed by atoms with Crippen molar-refractivity contribution in [3.05, 3.63) is 17.7 Å². The third-order valence-corrected chi connectivity index (χ3v) is 4.97. The average Bonchev–Trinajstić information content (AvgIpc) is 3.01. The van der Waals surface area contributed by atoms with Crippen LogP contribution in [0.15, 0.2) is 16.2 Å². The number of amides is 1. The number of aromatic nitrogens is 3. The predicted octanol–water partition coefficient (Wildman–Crippen LogP) is 2.24. The topological polar surface area (TPSA) is 151 Å². The zero-order valence-corrected chi connectivity index (χ0v) is 17.6. The van der Waals surface area contributed by atoms with Crippen LogP contribution in [0.5, 0.6) is 0 Å². The minimum absolute atomic E-state index is 0.191. The van der Waals surface area contributed by atoms with Crippen LogP contribution in [0.4, 0.5) is 19.3 Å². The fourth-order valence-corrected chi connectivity index (χ4v) is 3.63. The number of hydrogen-bond acceptors (Lipinski definition) is 8. The number of benzene rings is 1. The second-order valence-corrected chi connectivity index (χ2v) is 8.80. The van der Waals surface area contributed by atoms with Crippen LogP contribution >= 0.6 is 0 Å². The van der Waals surface area contributed by atoms with E-state index in [0.29, 0.717) is 6.07 Å². The zero-order valence-electron chi connectivity index (χ0n) is 15.9. The minimum Gasteiger partial charge on any atom is -0.767 e. The molecule has 0 saturated heterocycles. The highest BCUT2D eigenvalue weighted by atomic mass is 32.2. The van der Waals surface area contributed by atoms with E-state index in [9.17, 15) is 31.1 Å². The van der Waals surface area contributed by atoms with Gasteiger partial charge in [-0.1, -0.05) is 0 Å². The molecule has 2 atom stereocenters. The Hall–Kier alpha value is -2.55. The van der Waals surface area contributed by atoms with Crippen LogP contribution in [-0.2, 0) is 26.9 Å². The van der Waals surface area contributed by atoms with Gasteiger partial charge in [-0.3, -0.25) is 13.3 Å². The number of halogens is 2. The molecule has 30 heavy (non-hydrogen) atoms. The molecule has 1 amide bonds. The lowest BCUT2D eigenvalue weighted by Crippen LogP contribution is -2.34. The number of aromatic amines is 1. The Morgan fingerprint density at radius 1 is 1.17 bits per heavy atom. The molecule has 2 aromatic heterocycles. The molecule has 2 unspecified atom stereocenters. The first kappa shape index (κ1) is 22.1. The smallest absolute Gasteiger partial charge is 0.414 e. The molecule has 0 aliphatic heterocycles. The number of anilines is 1. The van der Waals surface area contributed by atoms with Gasteiger partial charge in [-0.2, -0.15) is 0 Å². The maximum absolute atomic E-state index is 14.7. The third kappa shape index (κ3) is 3.90. The first-order valence-corrected chi connectivity index (χ1v) is 10.3. The van der Waals surface area contributed by atoms with Gasteiger partial charge in [0.15, 0.2) is 11.6 Å². The van der Waals surface area contributed by atoms with Crippen molar-refractivity contribution in [2.75, 3.05) is 11.9 Å². The van der Waals surface area contributed by atoms with Gasteiger partial charge in [-0.05, 0) is 31.9 Å². The van der Waals surface area contributed by atoms with Gasteiger partial charge in [0, 0.05) is 24.2 Å². The van der Waals surface area contributed by atoms with E-state index in [2.05, 4.69) is 15.0 Å². The van der Waals surface area contributed by atoms with Crippen molar-refractivity contribution < 1.29 is 35.8 Å². The molecule has 0 bridgehead atoms. The summed E-state index contributed by atoms with van der Waals surface area (Å²) in [5.41, 5.74) is -1.65. The SMILES string of the molecule is CN(C(=O)OC(C)(C)C)c1cc(F)c(F)c2c1[nH]c1nc(S(=O)[O-])nc(S(=O)[O-])c12. The van der Waals surface area contributed by atoms with E-state index in [4.69, 9.17) is 4.74 Å². The Morgan fingerprint density at radius 3 is 2.33 bits per heavy atom. The lowest BCUT2D eigenvalue weighted by Gasteiger charge is -2.25.